The summed E-state index contributed by atoms with van der Waals surface area (Å²) in [5, 5.41) is 1.55. The molecule has 0 aliphatic rings. The second-order valence-corrected chi connectivity index (χ2v) is 7.08. The van der Waals surface area contributed by atoms with Crippen LogP contribution in [0, 0.1) is 26.2 Å². The number of aromatic amines is 1. The van der Waals surface area contributed by atoms with Gasteiger partial charge in [0.2, 0.25) is 0 Å². The number of para-hydroxylation sites is 1. The summed E-state index contributed by atoms with van der Waals surface area (Å²) < 4.78 is 1.67. The van der Waals surface area contributed by atoms with Crippen molar-refractivity contribution >= 4 is 33.7 Å². The number of fused-ring (bicyclic) bond motifs is 3. The Labute approximate surface area is 155 Å². The lowest BCUT2D eigenvalue weighted by Gasteiger charge is -2.15. The molecule has 128 valence electrons. The van der Waals surface area contributed by atoms with Crippen LogP contribution in [0.2, 0.25) is 0 Å². The number of nitrogens with one attached hydrogen (secondary N) is 1. The SMILES string of the molecule is C#CCSc1nc2c([nH]c3ccccc32)c(=O)n1-c1cccc(C)c1C. The number of thioether (sulfide) groups is 1. The molecular formula is C21H17N3OS. The van der Waals surface area contributed by atoms with Gasteiger partial charge < -0.3 is 4.98 Å². The van der Waals surface area contributed by atoms with Gasteiger partial charge in [-0.05, 0) is 37.1 Å². The van der Waals surface area contributed by atoms with Crippen LogP contribution in [0.25, 0.3) is 27.6 Å². The second kappa shape index (κ2) is 6.40. The van der Waals surface area contributed by atoms with Crippen LogP contribution in [0.15, 0.2) is 52.4 Å². The summed E-state index contributed by atoms with van der Waals surface area (Å²) in [7, 11) is 0. The molecule has 2 aromatic carbocycles. The third kappa shape index (κ3) is 2.51. The number of hydrogen-bond acceptors (Lipinski definition) is 3. The Bertz CT molecular complexity index is 1240. The van der Waals surface area contributed by atoms with Gasteiger partial charge in [0.05, 0.1) is 11.4 Å². The molecular weight excluding hydrogens is 342 g/mol. The minimum atomic E-state index is -0.112. The smallest absolute Gasteiger partial charge is 0.283 e. The highest BCUT2D eigenvalue weighted by Gasteiger charge is 2.18. The van der Waals surface area contributed by atoms with E-state index in [4.69, 9.17) is 11.4 Å². The number of aromatic nitrogens is 3. The van der Waals surface area contributed by atoms with Crippen molar-refractivity contribution < 1.29 is 0 Å². The summed E-state index contributed by atoms with van der Waals surface area (Å²) in [5.74, 6) is 3.07. The molecule has 4 rings (SSSR count). The Hall–Kier alpha value is -2.97. The summed E-state index contributed by atoms with van der Waals surface area (Å²) in [5.41, 5.74) is 5.00. The summed E-state index contributed by atoms with van der Waals surface area (Å²) in [6.07, 6.45) is 5.45. The molecule has 0 saturated heterocycles. The van der Waals surface area contributed by atoms with Gasteiger partial charge >= 0.3 is 0 Å². The molecule has 0 bridgehead atoms. The quantitative estimate of drug-likeness (QED) is 0.339. The van der Waals surface area contributed by atoms with Gasteiger partial charge in [0.15, 0.2) is 5.16 Å². The molecule has 0 spiro atoms. The molecule has 26 heavy (non-hydrogen) atoms. The highest BCUT2D eigenvalue weighted by molar-refractivity contribution is 7.99. The van der Waals surface area contributed by atoms with Crippen molar-refractivity contribution in [2.75, 3.05) is 5.75 Å². The van der Waals surface area contributed by atoms with E-state index in [9.17, 15) is 4.79 Å². The fourth-order valence-electron chi connectivity index (χ4n) is 3.14. The lowest BCUT2D eigenvalue weighted by Crippen LogP contribution is -2.22. The van der Waals surface area contributed by atoms with Gasteiger partial charge in [-0.2, -0.15) is 0 Å². The molecule has 1 N–H and O–H groups in total. The normalized spacial score (nSPS) is 11.1. The zero-order valence-corrected chi connectivity index (χ0v) is 15.4. The number of nitrogens with zero attached hydrogens (tertiary/aromatic N) is 2. The molecule has 2 aromatic heterocycles. The maximum absolute atomic E-state index is 13.4. The molecule has 0 aliphatic carbocycles. The van der Waals surface area contributed by atoms with Crippen molar-refractivity contribution in [2.45, 2.75) is 19.0 Å². The van der Waals surface area contributed by atoms with E-state index in [1.807, 2.05) is 56.3 Å². The Balaban J connectivity index is 2.12. The fourth-order valence-corrected chi connectivity index (χ4v) is 3.81. The minimum Gasteiger partial charge on any atom is -0.349 e. The van der Waals surface area contributed by atoms with Gasteiger partial charge in [0, 0.05) is 10.9 Å². The lowest BCUT2D eigenvalue weighted by atomic mass is 10.1. The summed E-state index contributed by atoms with van der Waals surface area (Å²) in [6, 6.07) is 13.7. The molecule has 5 heteroatoms. The van der Waals surface area contributed by atoms with Crippen molar-refractivity contribution in [3.05, 3.63) is 63.9 Å². The highest BCUT2D eigenvalue weighted by atomic mass is 32.2. The maximum Gasteiger partial charge on any atom is 0.283 e. The number of benzene rings is 2. The van der Waals surface area contributed by atoms with E-state index in [-0.39, 0.29) is 5.56 Å². The monoisotopic (exact) mass is 359 g/mol. The van der Waals surface area contributed by atoms with Crippen molar-refractivity contribution in [2.24, 2.45) is 0 Å². The molecule has 0 unspecified atom stereocenters. The average Bonchev–Trinajstić information content (AvgIpc) is 3.02. The van der Waals surface area contributed by atoms with Gasteiger partial charge in [-0.15, -0.1) is 6.42 Å². The third-order valence-electron chi connectivity index (χ3n) is 4.60. The Kier molecular flexibility index (Phi) is 4.06. The number of terminal acetylenes is 1. The van der Waals surface area contributed by atoms with Crippen LogP contribution < -0.4 is 5.56 Å². The average molecular weight is 359 g/mol. The van der Waals surface area contributed by atoms with Gasteiger partial charge in [-0.25, -0.2) is 4.98 Å². The summed E-state index contributed by atoms with van der Waals surface area (Å²) in [6.45, 7) is 4.05. The minimum absolute atomic E-state index is 0.112. The molecule has 0 saturated carbocycles. The van der Waals surface area contributed by atoms with Crippen molar-refractivity contribution in [3.8, 4) is 18.0 Å². The van der Waals surface area contributed by atoms with E-state index < -0.39 is 0 Å². The van der Waals surface area contributed by atoms with E-state index in [1.54, 1.807) is 4.57 Å². The zero-order valence-electron chi connectivity index (χ0n) is 14.5. The standard InChI is InChI=1S/C21H17N3OS/c1-4-12-26-21-23-18-15-9-5-6-10-16(15)22-19(18)20(25)24(21)17-11-7-8-13(2)14(17)3/h1,5-11,22H,12H2,2-3H3. The number of rotatable bonds is 3. The Morgan fingerprint density at radius 1 is 1.19 bits per heavy atom. The van der Waals surface area contributed by atoms with Crippen LogP contribution in [0.3, 0.4) is 0 Å². The molecule has 0 aliphatic heterocycles. The molecule has 0 amide bonds. The van der Waals surface area contributed by atoms with E-state index in [1.165, 1.54) is 11.8 Å². The Morgan fingerprint density at radius 2 is 2.00 bits per heavy atom. The highest BCUT2D eigenvalue weighted by Crippen LogP contribution is 2.27. The molecule has 0 radical (unpaired) electrons. The largest absolute Gasteiger partial charge is 0.349 e. The molecule has 4 nitrogen and oxygen atoms in total. The first-order valence-electron chi connectivity index (χ1n) is 8.28. The van der Waals surface area contributed by atoms with Crippen molar-refractivity contribution in [1.29, 1.82) is 0 Å². The van der Waals surface area contributed by atoms with Crippen LogP contribution in [0.5, 0.6) is 0 Å². The zero-order chi connectivity index (χ0) is 18.3. The molecule has 0 atom stereocenters. The van der Waals surface area contributed by atoms with Crippen LogP contribution in [0.4, 0.5) is 0 Å². The van der Waals surface area contributed by atoms with Gasteiger partial charge in [0.1, 0.15) is 11.0 Å². The number of H-pyrrole nitrogens is 1. The number of aryl methyl sites for hydroxylation is 1. The lowest BCUT2D eigenvalue weighted by molar-refractivity contribution is 0.813. The van der Waals surface area contributed by atoms with Gasteiger partial charge in [-0.3, -0.25) is 9.36 Å². The summed E-state index contributed by atoms with van der Waals surface area (Å²) in [4.78, 5) is 21.4. The predicted molar refractivity (Wildman–Crippen MR) is 108 cm³/mol. The van der Waals surface area contributed by atoms with E-state index in [0.717, 1.165) is 27.7 Å². The fraction of sp³-hybridized carbons (Fsp3) is 0.143. The van der Waals surface area contributed by atoms with Gasteiger partial charge in [0.25, 0.3) is 5.56 Å². The molecule has 4 aromatic rings. The second-order valence-electron chi connectivity index (χ2n) is 6.14. The third-order valence-corrected chi connectivity index (χ3v) is 5.44. The first-order chi connectivity index (χ1) is 12.6. The first-order valence-corrected chi connectivity index (χ1v) is 9.26. The Morgan fingerprint density at radius 3 is 2.81 bits per heavy atom. The van der Waals surface area contributed by atoms with Crippen molar-refractivity contribution in [1.82, 2.24) is 14.5 Å². The van der Waals surface area contributed by atoms with Crippen LogP contribution in [-0.2, 0) is 0 Å². The van der Waals surface area contributed by atoms with E-state index >= 15 is 0 Å². The molecule has 0 fully saturated rings. The predicted octanol–water partition coefficient (Wildman–Crippen LogP) is 4.21. The van der Waals surface area contributed by atoms with Gasteiger partial charge in [-0.1, -0.05) is 48.0 Å². The van der Waals surface area contributed by atoms with E-state index in [0.29, 0.717) is 21.9 Å². The molecule has 2 heterocycles. The van der Waals surface area contributed by atoms with E-state index in [2.05, 4.69) is 10.9 Å². The first kappa shape index (κ1) is 16.5. The topological polar surface area (TPSA) is 50.7 Å². The van der Waals surface area contributed by atoms with Crippen LogP contribution >= 0.6 is 11.8 Å². The van der Waals surface area contributed by atoms with Crippen molar-refractivity contribution in [3.63, 3.8) is 0 Å². The number of hydrogen-bond donors (Lipinski definition) is 1. The maximum atomic E-state index is 13.4. The van der Waals surface area contributed by atoms with Crippen LogP contribution in [0.1, 0.15) is 11.1 Å². The van der Waals surface area contributed by atoms with Crippen LogP contribution in [-0.4, -0.2) is 20.3 Å². The summed E-state index contributed by atoms with van der Waals surface area (Å²) >= 11 is 1.40.